The summed E-state index contributed by atoms with van der Waals surface area (Å²) in [5, 5.41) is 1.26. The predicted molar refractivity (Wildman–Crippen MR) is 127 cm³/mol. The maximum Gasteiger partial charge on any atom is 0.257 e. The van der Waals surface area contributed by atoms with E-state index in [1.165, 1.54) is 23.5 Å². The van der Waals surface area contributed by atoms with E-state index in [2.05, 4.69) is 9.97 Å². The zero-order valence-corrected chi connectivity index (χ0v) is 19.2. The molecule has 0 amide bonds. The standard InChI is InChI=1S/C24H20N2O4S2/c1-27-21-11-16(14-32-24-26-18-8-4-6-10-20(18)30-24)22(28-2)12-15(21)13-31-23-25-17-7-3-5-9-19(17)29-23/h3-12H,13-14H2,1-2H3. The average molecular weight is 465 g/mol. The monoisotopic (exact) mass is 464 g/mol. The molecule has 3 aromatic carbocycles. The molecule has 162 valence electrons. The van der Waals surface area contributed by atoms with E-state index >= 15 is 0 Å². The number of nitrogens with zero attached hydrogens (tertiary/aromatic N) is 2. The van der Waals surface area contributed by atoms with Gasteiger partial charge in [-0.1, -0.05) is 47.8 Å². The van der Waals surface area contributed by atoms with E-state index in [0.29, 0.717) is 22.0 Å². The van der Waals surface area contributed by atoms with Crippen LogP contribution in [0, 0.1) is 0 Å². The summed E-state index contributed by atoms with van der Waals surface area (Å²) in [5.41, 5.74) is 5.29. The Labute approximate surface area is 193 Å². The molecule has 0 unspecified atom stereocenters. The van der Waals surface area contributed by atoms with Crippen molar-refractivity contribution in [2.75, 3.05) is 14.2 Å². The van der Waals surface area contributed by atoms with Gasteiger partial charge in [0.25, 0.3) is 10.4 Å². The van der Waals surface area contributed by atoms with Crippen LogP contribution in [0.25, 0.3) is 22.2 Å². The summed E-state index contributed by atoms with van der Waals surface area (Å²) in [5.74, 6) is 2.88. The molecule has 5 aromatic rings. The number of hydrogen-bond acceptors (Lipinski definition) is 8. The number of oxazole rings is 2. The molecule has 0 spiro atoms. The number of aromatic nitrogens is 2. The van der Waals surface area contributed by atoms with E-state index in [0.717, 1.165) is 44.8 Å². The van der Waals surface area contributed by atoms with Crippen molar-refractivity contribution in [1.82, 2.24) is 9.97 Å². The topological polar surface area (TPSA) is 70.5 Å². The van der Waals surface area contributed by atoms with Crippen LogP contribution in [0.3, 0.4) is 0 Å². The highest BCUT2D eigenvalue weighted by Crippen LogP contribution is 2.37. The molecule has 32 heavy (non-hydrogen) atoms. The maximum absolute atomic E-state index is 5.82. The molecule has 0 aliphatic rings. The Morgan fingerprint density at radius 3 is 1.53 bits per heavy atom. The molecule has 8 heteroatoms. The molecule has 0 aliphatic heterocycles. The van der Waals surface area contributed by atoms with Crippen molar-refractivity contribution in [3.8, 4) is 11.5 Å². The van der Waals surface area contributed by atoms with Crippen LogP contribution in [0.5, 0.6) is 11.5 Å². The van der Waals surface area contributed by atoms with Crippen molar-refractivity contribution in [2.45, 2.75) is 22.0 Å². The van der Waals surface area contributed by atoms with Crippen molar-refractivity contribution in [1.29, 1.82) is 0 Å². The molecule has 0 bridgehead atoms. The lowest BCUT2D eigenvalue weighted by molar-refractivity contribution is 0.397. The minimum absolute atomic E-state index is 0.628. The number of benzene rings is 3. The second-order valence-corrected chi connectivity index (χ2v) is 8.80. The summed E-state index contributed by atoms with van der Waals surface area (Å²) in [7, 11) is 3.35. The number of hydrogen-bond donors (Lipinski definition) is 0. The lowest BCUT2D eigenvalue weighted by Crippen LogP contribution is -1.97. The molecular formula is C24H20N2O4S2. The zero-order chi connectivity index (χ0) is 21.9. The number of methoxy groups -OCH3 is 2. The van der Waals surface area contributed by atoms with Crippen LogP contribution >= 0.6 is 23.5 Å². The van der Waals surface area contributed by atoms with Gasteiger partial charge in [-0.15, -0.1) is 0 Å². The zero-order valence-electron chi connectivity index (χ0n) is 17.5. The Morgan fingerprint density at radius 1 is 0.688 bits per heavy atom. The van der Waals surface area contributed by atoms with Crippen molar-refractivity contribution in [3.63, 3.8) is 0 Å². The Bertz CT molecular complexity index is 1210. The molecule has 0 N–H and O–H groups in total. The van der Waals surface area contributed by atoms with Gasteiger partial charge in [-0.3, -0.25) is 0 Å². The van der Waals surface area contributed by atoms with Gasteiger partial charge in [-0.2, -0.15) is 0 Å². The van der Waals surface area contributed by atoms with Gasteiger partial charge in [-0.25, -0.2) is 9.97 Å². The number of para-hydroxylation sites is 4. The highest BCUT2D eigenvalue weighted by atomic mass is 32.2. The first-order valence-corrected chi connectivity index (χ1v) is 11.9. The summed E-state index contributed by atoms with van der Waals surface area (Å²) in [6, 6.07) is 19.5. The third kappa shape index (κ3) is 4.28. The summed E-state index contributed by atoms with van der Waals surface area (Å²) in [4.78, 5) is 9.06. The van der Waals surface area contributed by atoms with Gasteiger partial charge < -0.3 is 18.3 Å². The molecule has 2 heterocycles. The first-order valence-electron chi connectivity index (χ1n) is 9.94. The number of fused-ring (bicyclic) bond motifs is 2. The quantitative estimate of drug-likeness (QED) is 0.239. The lowest BCUT2D eigenvalue weighted by Gasteiger charge is -2.14. The van der Waals surface area contributed by atoms with Crippen LogP contribution in [0.4, 0.5) is 0 Å². The summed E-state index contributed by atoms with van der Waals surface area (Å²) in [6.07, 6.45) is 0. The normalized spacial score (nSPS) is 11.3. The molecule has 0 aliphatic carbocycles. The third-order valence-electron chi connectivity index (χ3n) is 4.93. The Morgan fingerprint density at radius 2 is 1.12 bits per heavy atom. The van der Waals surface area contributed by atoms with Crippen LogP contribution in [-0.4, -0.2) is 24.2 Å². The van der Waals surface area contributed by atoms with E-state index in [1.807, 2.05) is 60.7 Å². The van der Waals surface area contributed by atoms with Crippen molar-refractivity contribution < 1.29 is 18.3 Å². The average Bonchev–Trinajstić information content (AvgIpc) is 3.44. The largest absolute Gasteiger partial charge is 0.496 e. The smallest absolute Gasteiger partial charge is 0.257 e. The second kappa shape index (κ2) is 9.18. The van der Waals surface area contributed by atoms with Crippen molar-refractivity contribution in [2.24, 2.45) is 0 Å². The van der Waals surface area contributed by atoms with Gasteiger partial charge in [0.2, 0.25) is 0 Å². The van der Waals surface area contributed by atoms with Crippen LogP contribution in [0.2, 0.25) is 0 Å². The van der Waals surface area contributed by atoms with E-state index in [9.17, 15) is 0 Å². The fourth-order valence-corrected chi connectivity index (χ4v) is 4.99. The van der Waals surface area contributed by atoms with Crippen LogP contribution in [-0.2, 0) is 11.5 Å². The molecule has 0 saturated carbocycles. The van der Waals surface area contributed by atoms with E-state index in [4.69, 9.17) is 18.3 Å². The molecular weight excluding hydrogens is 444 g/mol. The molecule has 0 atom stereocenters. The van der Waals surface area contributed by atoms with Gasteiger partial charge in [0.1, 0.15) is 22.5 Å². The summed E-state index contributed by atoms with van der Waals surface area (Å²) >= 11 is 3.05. The highest BCUT2D eigenvalue weighted by molar-refractivity contribution is 7.98. The second-order valence-electron chi connectivity index (χ2n) is 6.95. The SMILES string of the molecule is COc1cc(CSc2nc3ccccc3o2)c(OC)cc1CSc1nc2ccccc2o1. The van der Waals surface area contributed by atoms with Gasteiger partial charge in [0, 0.05) is 22.6 Å². The molecule has 2 aromatic heterocycles. The fraction of sp³-hybridized carbons (Fsp3) is 0.167. The summed E-state index contributed by atoms with van der Waals surface area (Å²) < 4.78 is 23.0. The molecule has 0 saturated heterocycles. The number of ether oxygens (including phenoxy) is 2. The van der Waals surface area contributed by atoms with Crippen LogP contribution in [0.15, 0.2) is 79.9 Å². The minimum Gasteiger partial charge on any atom is -0.496 e. The van der Waals surface area contributed by atoms with Crippen molar-refractivity contribution in [3.05, 3.63) is 71.8 Å². The molecule has 5 rings (SSSR count). The maximum atomic E-state index is 5.82. The van der Waals surface area contributed by atoms with Gasteiger partial charge in [0.15, 0.2) is 11.2 Å². The van der Waals surface area contributed by atoms with Gasteiger partial charge >= 0.3 is 0 Å². The van der Waals surface area contributed by atoms with Crippen LogP contribution < -0.4 is 9.47 Å². The number of thioether (sulfide) groups is 2. The predicted octanol–water partition coefficient (Wildman–Crippen LogP) is 6.57. The van der Waals surface area contributed by atoms with E-state index in [-0.39, 0.29) is 0 Å². The highest BCUT2D eigenvalue weighted by Gasteiger charge is 2.15. The molecule has 6 nitrogen and oxygen atoms in total. The Hall–Kier alpha value is -3.10. The first kappa shape index (κ1) is 20.8. The van der Waals surface area contributed by atoms with E-state index < -0.39 is 0 Å². The Balaban J connectivity index is 1.33. The summed E-state index contributed by atoms with van der Waals surface area (Å²) in [6.45, 7) is 0. The Kier molecular flexibility index (Phi) is 5.96. The van der Waals surface area contributed by atoms with Crippen LogP contribution in [0.1, 0.15) is 11.1 Å². The van der Waals surface area contributed by atoms with Crippen molar-refractivity contribution >= 4 is 45.7 Å². The van der Waals surface area contributed by atoms with Gasteiger partial charge in [0.05, 0.1) is 14.2 Å². The van der Waals surface area contributed by atoms with E-state index in [1.54, 1.807) is 14.2 Å². The third-order valence-corrected chi connectivity index (χ3v) is 6.69. The number of rotatable bonds is 8. The lowest BCUT2D eigenvalue weighted by atomic mass is 10.1. The first-order chi connectivity index (χ1) is 15.7. The fourth-order valence-electron chi connectivity index (χ4n) is 3.35. The van der Waals surface area contributed by atoms with Gasteiger partial charge in [-0.05, 0) is 36.4 Å². The molecule has 0 fully saturated rings. The minimum atomic E-state index is 0.628. The molecule has 0 radical (unpaired) electrons.